The highest BCUT2D eigenvalue weighted by Crippen LogP contribution is 2.19. The van der Waals surface area contributed by atoms with Crippen LogP contribution in [0.4, 0.5) is 15.8 Å². The Bertz CT molecular complexity index is 701. The highest BCUT2D eigenvalue weighted by atomic mass is 19.1. The van der Waals surface area contributed by atoms with Gasteiger partial charge in [-0.3, -0.25) is 0 Å². The second-order valence-electron chi connectivity index (χ2n) is 5.24. The summed E-state index contributed by atoms with van der Waals surface area (Å²) in [5.41, 5.74) is 7.93. The number of nitrogens with two attached hydrogens (primary N) is 1. The first-order valence-corrected chi connectivity index (χ1v) is 7.16. The Hall–Kier alpha value is -2.76. The van der Waals surface area contributed by atoms with E-state index in [2.05, 4.69) is 10.3 Å². The average Bonchev–Trinajstić information content (AvgIpc) is 2.53. The first-order chi connectivity index (χ1) is 11.0. The fraction of sp³-hybridized carbons (Fsp3) is 0.235. The molecule has 0 aliphatic rings. The van der Waals surface area contributed by atoms with Gasteiger partial charge in [-0.1, -0.05) is 12.1 Å². The van der Waals surface area contributed by atoms with Crippen molar-refractivity contribution in [2.75, 3.05) is 31.4 Å². The van der Waals surface area contributed by atoms with Crippen LogP contribution in [0.5, 0.6) is 5.75 Å². The predicted octanol–water partition coefficient (Wildman–Crippen LogP) is 2.83. The fourth-order valence-electron chi connectivity index (χ4n) is 2.08. The van der Waals surface area contributed by atoms with Crippen LogP contribution in [-0.2, 0) is 6.54 Å². The second kappa shape index (κ2) is 7.49. The number of ether oxygens (including phenoxy) is 1. The minimum Gasteiger partial charge on any atom is -0.497 e. The van der Waals surface area contributed by atoms with Gasteiger partial charge in [0.15, 0.2) is 5.96 Å². The van der Waals surface area contributed by atoms with Crippen molar-refractivity contribution in [3.05, 3.63) is 53.8 Å². The zero-order valence-electron chi connectivity index (χ0n) is 13.5. The van der Waals surface area contributed by atoms with Crippen molar-refractivity contribution in [2.24, 2.45) is 10.7 Å². The average molecular weight is 316 g/mol. The zero-order chi connectivity index (χ0) is 16.8. The Balaban J connectivity index is 2.03. The number of anilines is 2. The van der Waals surface area contributed by atoms with Crippen LogP contribution in [0.1, 0.15) is 5.56 Å². The van der Waals surface area contributed by atoms with Crippen LogP contribution < -0.4 is 20.7 Å². The van der Waals surface area contributed by atoms with Crippen LogP contribution >= 0.6 is 0 Å². The summed E-state index contributed by atoms with van der Waals surface area (Å²) >= 11 is 0. The minimum atomic E-state index is -0.276. The molecular formula is C17H21FN4O. The maximum absolute atomic E-state index is 13.9. The van der Waals surface area contributed by atoms with Crippen molar-refractivity contribution in [3.63, 3.8) is 0 Å². The van der Waals surface area contributed by atoms with Gasteiger partial charge < -0.3 is 20.7 Å². The highest BCUT2D eigenvalue weighted by molar-refractivity contribution is 5.92. The molecule has 0 saturated carbocycles. The number of halogens is 1. The smallest absolute Gasteiger partial charge is 0.193 e. The number of methoxy groups -OCH3 is 1. The van der Waals surface area contributed by atoms with Crippen molar-refractivity contribution in [3.8, 4) is 5.75 Å². The Kier molecular flexibility index (Phi) is 5.41. The van der Waals surface area contributed by atoms with Crippen molar-refractivity contribution < 1.29 is 9.13 Å². The number of aliphatic imine (C=N–C) groups is 1. The van der Waals surface area contributed by atoms with Gasteiger partial charge in [-0.15, -0.1) is 0 Å². The second-order valence-corrected chi connectivity index (χ2v) is 5.24. The summed E-state index contributed by atoms with van der Waals surface area (Å²) in [6, 6.07) is 12.4. The largest absolute Gasteiger partial charge is 0.497 e. The van der Waals surface area contributed by atoms with E-state index in [9.17, 15) is 4.39 Å². The van der Waals surface area contributed by atoms with Crippen LogP contribution in [0.15, 0.2) is 47.5 Å². The summed E-state index contributed by atoms with van der Waals surface area (Å²) in [4.78, 5) is 5.95. The van der Waals surface area contributed by atoms with E-state index in [1.54, 1.807) is 32.2 Å². The molecule has 0 aliphatic carbocycles. The van der Waals surface area contributed by atoms with Crippen molar-refractivity contribution >= 4 is 17.3 Å². The quantitative estimate of drug-likeness (QED) is 0.658. The molecule has 0 saturated heterocycles. The molecule has 122 valence electrons. The van der Waals surface area contributed by atoms with Gasteiger partial charge in [0, 0.05) is 25.8 Å². The van der Waals surface area contributed by atoms with Crippen LogP contribution in [-0.4, -0.2) is 27.2 Å². The van der Waals surface area contributed by atoms with E-state index in [0.717, 1.165) is 17.0 Å². The first-order valence-electron chi connectivity index (χ1n) is 7.16. The number of rotatable bonds is 5. The topological polar surface area (TPSA) is 62.9 Å². The van der Waals surface area contributed by atoms with Crippen LogP contribution in [0.25, 0.3) is 0 Å². The Morgan fingerprint density at radius 2 is 2.04 bits per heavy atom. The Morgan fingerprint density at radius 3 is 2.70 bits per heavy atom. The van der Waals surface area contributed by atoms with Gasteiger partial charge in [-0.2, -0.15) is 0 Å². The van der Waals surface area contributed by atoms with E-state index in [-0.39, 0.29) is 11.8 Å². The molecule has 2 aromatic carbocycles. The van der Waals surface area contributed by atoms with Gasteiger partial charge in [0.2, 0.25) is 0 Å². The molecule has 0 amide bonds. The molecule has 0 unspecified atom stereocenters. The molecule has 5 nitrogen and oxygen atoms in total. The van der Waals surface area contributed by atoms with Crippen molar-refractivity contribution in [1.29, 1.82) is 0 Å². The number of guanidine groups is 1. The fourth-order valence-corrected chi connectivity index (χ4v) is 2.08. The van der Waals surface area contributed by atoms with Gasteiger partial charge in [0.1, 0.15) is 11.6 Å². The van der Waals surface area contributed by atoms with E-state index in [1.807, 2.05) is 30.3 Å². The SMILES string of the molecule is COc1cccc(NC(N)=NCc2ccc(N(C)C)c(F)c2)c1. The molecule has 3 N–H and O–H groups in total. The van der Waals surface area contributed by atoms with Crippen molar-refractivity contribution in [2.45, 2.75) is 6.54 Å². The minimum absolute atomic E-state index is 0.260. The molecule has 23 heavy (non-hydrogen) atoms. The molecule has 0 spiro atoms. The molecular weight excluding hydrogens is 295 g/mol. The Labute approximate surface area is 135 Å². The number of nitrogens with zero attached hydrogens (tertiary/aromatic N) is 2. The first kappa shape index (κ1) is 16.6. The van der Waals surface area contributed by atoms with E-state index in [1.165, 1.54) is 6.07 Å². The van der Waals surface area contributed by atoms with E-state index in [4.69, 9.17) is 10.5 Å². The lowest BCUT2D eigenvalue weighted by molar-refractivity contribution is 0.415. The third-order valence-electron chi connectivity index (χ3n) is 3.27. The molecule has 0 bridgehead atoms. The normalized spacial score (nSPS) is 11.2. The highest BCUT2D eigenvalue weighted by Gasteiger charge is 2.05. The van der Waals surface area contributed by atoms with Gasteiger partial charge in [0.25, 0.3) is 0 Å². The summed E-state index contributed by atoms with van der Waals surface area (Å²) in [6.45, 7) is 0.299. The maximum Gasteiger partial charge on any atom is 0.193 e. The lowest BCUT2D eigenvalue weighted by atomic mass is 10.2. The summed E-state index contributed by atoms with van der Waals surface area (Å²) in [5.74, 6) is 0.710. The summed E-state index contributed by atoms with van der Waals surface area (Å²) < 4.78 is 19.0. The Morgan fingerprint density at radius 1 is 1.26 bits per heavy atom. The maximum atomic E-state index is 13.9. The number of benzene rings is 2. The summed E-state index contributed by atoms with van der Waals surface area (Å²) in [5, 5.41) is 2.98. The van der Waals surface area contributed by atoms with Gasteiger partial charge in [0.05, 0.1) is 19.3 Å². The van der Waals surface area contributed by atoms with Gasteiger partial charge in [-0.05, 0) is 29.8 Å². The molecule has 0 fully saturated rings. The summed E-state index contributed by atoms with van der Waals surface area (Å²) in [7, 11) is 5.20. The molecule has 0 atom stereocenters. The van der Waals surface area contributed by atoms with Crippen LogP contribution in [0, 0.1) is 5.82 Å². The van der Waals surface area contributed by atoms with Crippen molar-refractivity contribution in [1.82, 2.24) is 0 Å². The summed E-state index contributed by atoms with van der Waals surface area (Å²) in [6.07, 6.45) is 0. The lowest BCUT2D eigenvalue weighted by Gasteiger charge is -2.13. The lowest BCUT2D eigenvalue weighted by Crippen LogP contribution is -2.22. The predicted molar refractivity (Wildman–Crippen MR) is 92.7 cm³/mol. The van der Waals surface area contributed by atoms with Crippen LogP contribution in [0.2, 0.25) is 0 Å². The molecule has 2 aromatic rings. The van der Waals surface area contributed by atoms with Gasteiger partial charge >= 0.3 is 0 Å². The van der Waals surface area contributed by atoms with Gasteiger partial charge in [-0.25, -0.2) is 9.38 Å². The third-order valence-corrected chi connectivity index (χ3v) is 3.27. The monoisotopic (exact) mass is 316 g/mol. The van der Waals surface area contributed by atoms with E-state index in [0.29, 0.717) is 12.2 Å². The van der Waals surface area contributed by atoms with E-state index >= 15 is 0 Å². The zero-order valence-corrected chi connectivity index (χ0v) is 13.5. The number of hydrogen-bond donors (Lipinski definition) is 2. The number of hydrogen-bond acceptors (Lipinski definition) is 3. The molecule has 0 heterocycles. The molecule has 0 aliphatic heterocycles. The van der Waals surface area contributed by atoms with Crippen LogP contribution in [0.3, 0.4) is 0 Å². The third kappa shape index (κ3) is 4.60. The van der Waals surface area contributed by atoms with E-state index < -0.39 is 0 Å². The molecule has 0 radical (unpaired) electrons. The standard InChI is InChI=1S/C17H21FN4O/c1-22(2)16-8-7-12(9-15(16)18)11-20-17(19)21-13-5-4-6-14(10-13)23-3/h4-10H,11H2,1-3H3,(H3,19,20,21). The molecule has 2 rings (SSSR count). The molecule has 0 aromatic heterocycles. The molecule has 6 heteroatoms. The number of nitrogens with one attached hydrogen (secondary N) is 1.